The van der Waals surface area contributed by atoms with Gasteiger partial charge in [-0.3, -0.25) is 4.79 Å². The lowest BCUT2D eigenvalue weighted by Crippen LogP contribution is -2.39. The molecule has 0 unspecified atom stereocenters. The van der Waals surface area contributed by atoms with Crippen LogP contribution in [0, 0.1) is 0 Å². The summed E-state index contributed by atoms with van der Waals surface area (Å²) >= 11 is 0. The number of aliphatic hydroxyl groups is 1. The van der Waals surface area contributed by atoms with Crippen molar-refractivity contribution < 1.29 is 9.90 Å². The summed E-state index contributed by atoms with van der Waals surface area (Å²) in [6.45, 7) is 3.88. The number of aromatic nitrogens is 1. The average molecular weight is 223 g/mol. The third-order valence-electron chi connectivity index (χ3n) is 2.26. The molecule has 88 valence electrons. The monoisotopic (exact) mass is 223 g/mol. The van der Waals surface area contributed by atoms with Crippen LogP contribution in [0.2, 0.25) is 0 Å². The summed E-state index contributed by atoms with van der Waals surface area (Å²) in [6, 6.07) is 3.61. The fourth-order valence-electron chi connectivity index (χ4n) is 1.48. The van der Waals surface area contributed by atoms with Gasteiger partial charge in [-0.2, -0.15) is 0 Å². The molecule has 1 aromatic heterocycles. The van der Waals surface area contributed by atoms with E-state index in [1.54, 1.807) is 23.2 Å². The van der Waals surface area contributed by atoms with E-state index in [0.717, 1.165) is 0 Å². The standard InChI is InChI=1S/C11H17N3O2/c1-8(2)14(6-10(12)16)11-9(7-15)4-3-5-13-11/h3-5,8,15H,6-7H2,1-2H3,(H2,12,16). The van der Waals surface area contributed by atoms with E-state index in [-0.39, 0.29) is 19.2 Å². The van der Waals surface area contributed by atoms with E-state index >= 15 is 0 Å². The third kappa shape index (κ3) is 2.93. The largest absolute Gasteiger partial charge is 0.392 e. The van der Waals surface area contributed by atoms with Crippen molar-refractivity contribution in [2.75, 3.05) is 11.4 Å². The highest BCUT2D eigenvalue weighted by molar-refractivity contribution is 5.79. The van der Waals surface area contributed by atoms with E-state index < -0.39 is 5.91 Å². The third-order valence-corrected chi connectivity index (χ3v) is 2.26. The summed E-state index contributed by atoms with van der Waals surface area (Å²) in [7, 11) is 0. The molecule has 0 saturated carbocycles. The number of amides is 1. The number of hydrogen-bond acceptors (Lipinski definition) is 4. The van der Waals surface area contributed by atoms with E-state index in [2.05, 4.69) is 4.98 Å². The van der Waals surface area contributed by atoms with Crippen LogP contribution in [0.25, 0.3) is 0 Å². The van der Waals surface area contributed by atoms with E-state index in [9.17, 15) is 9.90 Å². The maximum atomic E-state index is 11.0. The lowest BCUT2D eigenvalue weighted by Gasteiger charge is -2.27. The molecule has 3 N–H and O–H groups in total. The van der Waals surface area contributed by atoms with Gasteiger partial charge in [-0.15, -0.1) is 0 Å². The van der Waals surface area contributed by atoms with Crippen LogP contribution in [0.1, 0.15) is 19.4 Å². The van der Waals surface area contributed by atoms with Crippen molar-refractivity contribution in [3.05, 3.63) is 23.9 Å². The van der Waals surface area contributed by atoms with Gasteiger partial charge in [0.1, 0.15) is 5.82 Å². The van der Waals surface area contributed by atoms with Crippen LogP contribution in [-0.2, 0) is 11.4 Å². The van der Waals surface area contributed by atoms with Gasteiger partial charge in [0.2, 0.25) is 5.91 Å². The average Bonchev–Trinajstić information content (AvgIpc) is 2.25. The molecule has 1 aromatic rings. The number of carbonyl (C=O) groups is 1. The van der Waals surface area contributed by atoms with Crippen LogP contribution in [0.3, 0.4) is 0 Å². The molecule has 1 rings (SSSR count). The number of primary amides is 1. The zero-order valence-electron chi connectivity index (χ0n) is 9.55. The van der Waals surface area contributed by atoms with Gasteiger partial charge >= 0.3 is 0 Å². The minimum Gasteiger partial charge on any atom is -0.392 e. The first-order chi connectivity index (χ1) is 7.56. The number of pyridine rings is 1. The number of nitrogens with zero attached hydrogens (tertiary/aromatic N) is 2. The van der Waals surface area contributed by atoms with Crippen molar-refractivity contribution in [3.63, 3.8) is 0 Å². The Hall–Kier alpha value is -1.62. The van der Waals surface area contributed by atoms with Crippen molar-refractivity contribution in [2.24, 2.45) is 5.73 Å². The fourth-order valence-corrected chi connectivity index (χ4v) is 1.48. The molecule has 0 aliphatic rings. The topological polar surface area (TPSA) is 79.5 Å². The van der Waals surface area contributed by atoms with E-state index in [0.29, 0.717) is 11.4 Å². The zero-order valence-corrected chi connectivity index (χ0v) is 9.55. The number of rotatable bonds is 5. The summed E-state index contributed by atoms with van der Waals surface area (Å²) in [6.07, 6.45) is 1.63. The van der Waals surface area contributed by atoms with E-state index in [1.165, 1.54) is 0 Å². The molecule has 0 radical (unpaired) electrons. The van der Waals surface area contributed by atoms with Gasteiger partial charge in [0, 0.05) is 17.8 Å². The first-order valence-corrected chi connectivity index (χ1v) is 5.16. The van der Waals surface area contributed by atoms with E-state index in [1.807, 2.05) is 13.8 Å². The Bertz CT molecular complexity index is 366. The molecule has 1 heterocycles. The summed E-state index contributed by atoms with van der Waals surface area (Å²) in [5.74, 6) is 0.196. The second-order valence-corrected chi connectivity index (χ2v) is 3.83. The molecule has 0 aromatic carbocycles. The maximum Gasteiger partial charge on any atom is 0.237 e. The molecule has 0 saturated heterocycles. The lowest BCUT2D eigenvalue weighted by molar-refractivity contribution is -0.116. The quantitative estimate of drug-likeness (QED) is 0.751. The van der Waals surface area contributed by atoms with Crippen LogP contribution < -0.4 is 10.6 Å². The van der Waals surface area contributed by atoms with Crippen molar-refractivity contribution in [2.45, 2.75) is 26.5 Å². The Morgan fingerprint density at radius 2 is 2.31 bits per heavy atom. The molecule has 0 aliphatic heterocycles. The summed E-state index contributed by atoms with van der Waals surface area (Å²) in [5.41, 5.74) is 5.88. The minimum atomic E-state index is -0.414. The second-order valence-electron chi connectivity index (χ2n) is 3.83. The van der Waals surface area contributed by atoms with Crippen molar-refractivity contribution in [1.82, 2.24) is 4.98 Å². The van der Waals surface area contributed by atoms with Gasteiger partial charge in [-0.25, -0.2) is 4.98 Å². The predicted octanol–water partition coefficient (Wildman–Crippen LogP) is 0.274. The van der Waals surface area contributed by atoms with Crippen LogP contribution in [-0.4, -0.2) is 28.6 Å². The number of anilines is 1. The Labute approximate surface area is 94.9 Å². The van der Waals surface area contributed by atoms with Crippen LogP contribution in [0.15, 0.2) is 18.3 Å². The van der Waals surface area contributed by atoms with Gasteiger partial charge in [-0.05, 0) is 19.9 Å². The Morgan fingerprint density at radius 3 is 2.81 bits per heavy atom. The second kappa shape index (κ2) is 5.46. The molecule has 5 heteroatoms. The van der Waals surface area contributed by atoms with Crippen LogP contribution in [0.4, 0.5) is 5.82 Å². The Kier molecular flexibility index (Phi) is 4.25. The van der Waals surface area contributed by atoms with E-state index in [4.69, 9.17) is 5.73 Å². The molecule has 0 spiro atoms. The molecule has 0 fully saturated rings. The minimum absolute atomic E-state index is 0.0905. The zero-order chi connectivity index (χ0) is 12.1. The number of aliphatic hydroxyl groups excluding tert-OH is 1. The Morgan fingerprint density at radius 1 is 1.62 bits per heavy atom. The molecule has 16 heavy (non-hydrogen) atoms. The molecule has 5 nitrogen and oxygen atoms in total. The van der Waals surface area contributed by atoms with Crippen molar-refractivity contribution in [1.29, 1.82) is 0 Å². The maximum absolute atomic E-state index is 11.0. The highest BCUT2D eigenvalue weighted by Gasteiger charge is 2.17. The first-order valence-electron chi connectivity index (χ1n) is 5.16. The molecular weight excluding hydrogens is 206 g/mol. The molecular formula is C11H17N3O2. The van der Waals surface area contributed by atoms with Crippen molar-refractivity contribution in [3.8, 4) is 0 Å². The first kappa shape index (κ1) is 12.4. The Balaban J connectivity index is 3.05. The smallest absolute Gasteiger partial charge is 0.237 e. The SMILES string of the molecule is CC(C)N(CC(N)=O)c1ncccc1CO. The normalized spacial score (nSPS) is 10.5. The van der Waals surface area contributed by atoms with Crippen LogP contribution in [0.5, 0.6) is 0 Å². The highest BCUT2D eigenvalue weighted by atomic mass is 16.3. The van der Waals surface area contributed by atoms with Crippen LogP contribution >= 0.6 is 0 Å². The van der Waals surface area contributed by atoms with Gasteiger partial charge in [0.25, 0.3) is 0 Å². The lowest BCUT2D eigenvalue weighted by atomic mass is 10.2. The molecule has 0 aliphatic carbocycles. The summed E-state index contributed by atoms with van der Waals surface area (Å²) < 4.78 is 0. The summed E-state index contributed by atoms with van der Waals surface area (Å²) in [4.78, 5) is 16.9. The summed E-state index contributed by atoms with van der Waals surface area (Å²) in [5, 5.41) is 9.20. The van der Waals surface area contributed by atoms with Gasteiger partial charge in [0.15, 0.2) is 0 Å². The number of carbonyl (C=O) groups excluding carboxylic acids is 1. The molecule has 1 amide bonds. The molecule has 0 atom stereocenters. The highest BCUT2D eigenvalue weighted by Crippen LogP contribution is 2.19. The molecule has 0 bridgehead atoms. The van der Waals surface area contributed by atoms with Gasteiger partial charge in [0.05, 0.1) is 13.2 Å². The predicted molar refractivity (Wildman–Crippen MR) is 61.8 cm³/mol. The van der Waals surface area contributed by atoms with Crippen molar-refractivity contribution >= 4 is 11.7 Å². The fraction of sp³-hybridized carbons (Fsp3) is 0.455. The van der Waals surface area contributed by atoms with Gasteiger partial charge < -0.3 is 15.7 Å². The number of nitrogens with two attached hydrogens (primary N) is 1. The van der Waals surface area contributed by atoms with Gasteiger partial charge in [-0.1, -0.05) is 6.07 Å². The number of hydrogen-bond donors (Lipinski definition) is 2.